The van der Waals surface area contributed by atoms with E-state index in [0.29, 0.717) is 6.07 Å². The van der Waals surface area contributed by atoms with Gasteiger partial charge in [0.2, 0.25) is 0 Å². The van der Waals surface area contributed by atoms with Crippen LogP contribution in [0, 0.1) is 0 Å². The third kappa shape index (κ3) is 2.34. The largest absolute Gasteiger partial charge is 0.416 e. The van der Waals surface area contributed by atoms with Gasteiger partial charge in [-0.25, -0.2) is 4.98 Å². The third-order valence-electron chi connectivity index (χ3n) is 2.24. The van der Waals surface area contributed by atoms with Crippen LogP contribution in [0.25, 0.3) is 5.69 Å². The average Bonchev–Trinajstić information content (AvgIpc) is 2.76. The lowest BCUT2D eigenvalue weighted by molar-refractivity contribution is -0.137. The Hall–Kier alpha value is -2.31. The molecule has 1 amide bonds. The molecule has 2 aromatic rings. The van der Waals surface area contributed by atoms with Gasteiger partial charge in [-0.3, -0.25) is 4.79 Å². The van der Waals surface area contributed by atoms with E-state index < -0.39 is 17.6 Å². The van der Waals surface area contributed by atoms with E-state index in [2.05, 4.69) is 4.98 Å². The van der Waals surface area contributed by atoms with Crippen molar-refractivity contribution in [2.45, 2.75) is 6.18 Å². The number of hydrogen-bond acceptors (Lipinski definition) is 2. The van der Waals surface area contributed by atoms with Crippen LogP contribution in [-0.2, 0) is 6.18 Å². The summed E-state index contributed by atoms with van der Waals surface area (Å²) >= 11 is 0. The van der Waals surface area contributed by atoms with E-state index in [1.165, 1.54) is 17.1 Å². The van der Waals surface area contributed by atoms with Crippen LogP contribution in [-0.4, -0.2) is 15.5 Å². The van der Waals surface area contributed by atoms with Crippen molar-refractivity contribution in [1.82, 2.24) is 9.55 Å². The first kappa shape index (κ1) is 10.8. The molecule has 18 heavy (non-hydrogen) atoms. The molecule has 0 aliphatic rings. The fraction of sp³-hybridized carbons (Fsp3) is 0.0909. The molecule has 0 aliphatic carbocycles. The fourth-order valence-electron chi connectivity index (χ4n) is 1.34. The molecule has 0 aliphatic heterocycles. The minimum absolute atomic E-state index is 0.0284. The number of benzene rings is 1. The standard InChI is InChI=1S/C11H8F3N3O/c12-11(13,14)7-1-3-8(4-2-7)17-5-9(10(15)18)16-6-17/h1-6H,(H2,15,18)/i3D. The van der Waals surface area contributed by atoms with E-state index in [1.807, 2.05) is 0 Å². The number of rotatable bonds is 2. The van der Waals surface area contributed by atoms with Gasteiger partial charge in [-0.1, -0.05) is 0 Å². The van der Waals surface area contributed by atoms with Crippen LogP contribution in [0.4, 0.5) is 13.2 Å². The summed E-state index contributed by atoms with van der Waals surface area (Å²) in [7, 11) is 0. The normalized spacial score (nSPS) is 12.3. The maximum Gasteiger partial charge on any atom is 0.416 e. The zero-order chi connectivity index (χ0) is 14.2. The number of amides is 1. The Morgan fingerprint density at radius 2 is 2.11 bits per heavy atom. The van der Waals surface area contributed by atoms with Crippen molar-refractivity contribution in [2.24, 2.45) is 5.73 Å². The van der Waals surface area contributed by atoms with Gasteiger partial charge in [-0.15, -0.1) is 0 Å². The number of nitrogens with two attached hydrogens (primary N) is 1. The first-order valence-electron chi connectivity index (χ1n) is 5.31. The van der Waals surface area contributed by atoms with Crippen molar-refractivity contribution in [3.63, 3.8) is 0 Å². The van der Waals surface area contributed by atoms with Crippen LogP contribution in [0.5, 0.6) is 0 Å². The van der Waals surface area contributed by atoms with Crippen LogP contribution in [0.15, 0.2) is 36.8 Å². The smallest absolute Gasteiger partial charge is 0.364 e. The van der Waals surface area contributed by atoms with Gasteiger partial charge in [-0.2, -0.15) is 13.2 Å². The molecule has 0 saturated heterocycles. The second-order valence-corrected chi connectivity index (χ2v) is 3.49. The van der Waals surface area contributed by atoms with Crippen molar-refractivity contribution >= 4 is 5.91 Å². The number of nitrogens with zero attached hydrogens (tertiary/aromatic N) is 2. The number of carbonyl (C=O) groups excluding carboxylic acids is 1. The summed E-state index contributed by atoms with van der Waals surface area (Å²) in [5.74, 6) is -0.753. The second kappa shape index (κ2) is 4.17. The van der Waals surface area contributed by atoms with Gasteiger partial charge >= 0.3 is 6.18 Å². The summed E-state index contributed by atoms with van der Waals surface area (Å²) in [6, 6.07) is 2.37. The van der Waals surface area contributed by atoms with Crippen molar-refractivity contribution in [3.8, 4) is 5.69 Å². The molecule has 0 fully saturated rings. The Bertz CT molecular complexity index is 636. The van der Waals surface area contributed by atoms with Crippen LogP contribution in [0.3, 0.4) is 0 Å². The molecule has 0 spiro atoms. The predicted octanol–water partition coefficient (Wildman–Crippen LogP) is 1.99. The Balaban J connectivity index is 2.43. The predicted molar refractivity (Wildman–Crippen MR) is 57.1 cm³/mol. The highest BCUT2D eigenvalue weighted by atomic mass is 19.4. The third-order valence-corrected chi connectivity index (χ3v) is 2.24. The molecule has 0 unspecified atom stereocenters. The molecular weight excluding hydrogens is 247 g/mol. The summed E-state index contributed by atoms with van der Waals surface area (Å²) in [6.07, 6.45) is -2.04. The summed E-state index contributed by atoms with van der Waals surface area (Å²) < 4.78 is 46.2. The molecule has 0 atom stereocenters. The van der Waals surface area contributed by atoms with Gasteiger partial charge < -0.3 is 10.3 Å². The summed E-state index contributed by atoms with van der Waals surface area (Å²) in [5, 5.41) is 0. The highest BCUT2D eigenvalue weighted by Crippen LogP contribution is 2.29. The molecule has 2 N–H and O–H groups in total. The number of primary amides is 1. The van der Waals surface area contributed by atoms with Crippen molar-refractivity contribution in [3.05, 3.63) is 48.0 Å². The fourth-order valence-corrected chi connectivity index (χ4v) is 1.34. The van der Waals surface area contributed by atoms with E-state index in [4.69, 9.17) is 7.10 Å². The molecule has 2 rings (SSSR count). The summed E-state index contributed by atoms with van der Waals surface area (Å²) in [6.45, 7) is 0. The van der Waals surface area contributed by atoms with Gasteiger partial charge in [0.15, 0.2) is 0 Å². The second-order valence-electron chi connectivity index (χ2n) is 3.49. The summed E-state index contributed by atoms with van der Waals surface area (Å²) in [5.41, 5.74) is 4.25. The highest BCUT2D eigenvalue weighted by molar-refractivity contribution is 5.90. The SMILES string of the molecule is [2H]c1cc(C(F)(F)F)ccc1-n1cnc(C(N)=O)c1. The van der Waals surface area contributed by atoms with Crippen molar-refractivity contribution in [1.29, 1.82) is 0 Å². The molecule has 7 heteroatoms. The first-order valence-corrected chi connectivity index (χ1v) is 4.81. The monoisotopic (exact) mass is 256 g/mol. The van der Waals surface area contributed by atoms with Crippen LogP contribution in [0.1, 0.15) is 17.4 Å². The molecule has 0 radical (unpaired) electrons. The molecule has 94 valence electrons. The molecular formula is C11H8F3N3O. The van der Waals surface area contributed by atoms with Crippen LogP contribution < -0.4 is 5.73 Å². The zero-order valence-electron chi connectivity index (χ0n) is 9.90. The van der Waals surface area contributed by atoms with Gasteiger partial charge in [0.25, 0.3) is 5.91 Å². The Morgan fingerprint density at radius 3 is 2.61 bits per heavy atom. The quantitative estimate of drug-likeness (QED) is 0.893. The minimum Gasteiger partial charge on any atom is -0.364 e. The van der Waals surface area contributed by atoms with Gasteiger partial charge in [0, 0.05) is 11.9 Å². The lowest BCUT2D eigenvalue weighted by Gasteiger charge is -2.07. The maximum absolute atomic E-state index is 12.4. The summed E-state index contributed by atoms with van der Waals surface area (Å²) in [4.78, 5) is 14.6. The Kier molecular flexibility index (Phi) is 2.51. The maximum atomic E-state index is 12.4. The van der Waals surface area contributed by atoms with E-state index in [-0.39, 0.29) is 17.4 Å². The van der Waals surface area contributed by atoms with Crippen LogP contribution >= 0.6 is 0 Å². The van der Waals surface area contributed by atoms with E-state index in [0.717, 1.165) is 12.1 Å². The van der Waals surface area contributed by atoms with Gasteiger partial charge in [-0.05, 0) is 24.2 Å². The molecule has 0 saturated carbocycles. The zero-order valence-corrected chi connectivity index (χ0v) is 8.90. The lowest BCUT2D eigenvalue weighted by atomic mass is 10.2. The first-order chi connectivity index (χ1) is 8.79. The van der Waals surface area contributed by atoms with E-state index in [1.54, 1.807) is 0 Å². The number of hydrogen-bond donors (Lipinski definition) is 1. The Morgan fingerprint density at radius 1 is 1.39 bits per heavy atom. The average molecular weight is 256 g/mol. The number of alkyl halides is 3. The van der Waals surface area contributed by atoms with E-state index in [9.17, 15) is 18.0 Å². The Labute approximate surface area is 101 Å². The topological polar surface area (TPSA) is 60.9 Å². The van der Waals surface area contributed by atoms with Gasteiger partial charge in [0.1, 0.15) is 12.0 Å². The lowest BCUT2D eigenvalue weighted by Crippen LogP contribution is -2.11. The van der Waals surface area contributed by atoms with Crippen molar-refractivity contribution < 1.29 is 19.3 Å². The minimum atomic E-state index is -4.50. The number of aromatic nitrogens is 2. The molecule has 1 aromatic heterocycles. The van der Waals surface area contributed by atoms with Crippen LogP contribution in [0.2, 0.25) is 0 Å². The number of imidazole rings is 1. The highest BCUT2D eigenvalue weighted by Gasteiger charge is 2.29. The number of halogens is 3. The molecule has 0 bridgehead atoms. The van der Waals surface area contributed by atoms with Crippen molar-refractivity contribution in [2.75, 3.05) is 0 Å². The molecule has 1 aromatic carbocycles. The van der Waals surface area contributed by atoms with Gasteiger partial charge in [0.05, 0.1) is 6.93 Å². The molecule has 1 heterocycles. The number of carbonyl (C=O) groups is 1. The molecule has 4 nitrogen and oxygen atoms in total. The van der Waals surface area contributed by atoms with E-state index >= 15 is 0 Å².